The third-order valence-electron chi connectivity index (χ3n) is 6.29. The molecule has 0 bridgehead atoms. The van der Waals surface area contributed by atoms with Crippen LogP contribution in [0.15, 0.2) is 95.4 Å². The second-order valence-corrected chi connectivity index (χ2v) is 8.79. The van der Waals surface area contributed by atoms with Gasteiger partial charge < -0.3 is 23.7 Å². The van der Waals surface area contributed by atoms with E-state index in [9.17, 15) is 4.79 Å². The molecular formula is C31H28O6. The molecule has 5 aromatic rings. The van der Waals surface area contributed by atoms with Crippen molar-refractivity contribution >= 4 is 27.9 Å². The van der Waals surface area contributed by atoms with Crippen LogP contribution in [-0.2, 0) is 16.0 Å². The van der Waals surface area contributed by atoms with Gasteiger partial charge in [-0.3, -0.25) is 0 Å². The SMILES string of the molecule is CO[C@@H](Cc1ccc(OCCCOc2ccc(-c3ccc4oc5ccccc5c4c3)cc2)cc1)C(=O)O. The lowest BCUT2D eigenvalue weighted by Gasteiger charge is -2.11. The summed E-state index contributed by atoms with van der Waals surface area (Å²) in [7, 11) is 1.40. The molecule has 6 nitrogen and oxygen atoms in total. The highest BCUT2D eigenvalue weighted by Gasteiger charge is 2.16. The molecule has 0 unspecified atom stereocenters. The Kier molecular flexibility index (Phi) is 7.38. The van der Waals surface area contributed by atoms with Gasteiger partial charge in [0.15, 0.2) is 6.10 Å². The fourth-order valence-electron chi connectivity index (χ4n) is 4.30. The van der Waals surface area contributed by atoms with E-state index in [1.54, 1.807) is 0 Å². The van der Waals surface area contributed by atoms with Crippen LogP contribution in [0.2, 0.25) is 0 Å². The number of aliphatic carboxylic acids is 1. The van der Waals surface area contributed by atoms with E-state index in [1.165, 1.54) is 7.11 Å². The first-order chi connectivity index (χ1) is 18.1. The largest absolute Gasteiger partial charge is 0.493 e. The van der Waals surface area contributed by atoms with E-state index >= 15 is 0 Å². The number of carbonyl (C=O) groups is 1. The predicted octanol–water partition coefficient (Wildman–Crippen LogP) is 6.74. The molecule has 5 rings (SSSR count). The monoisotopic (exact) mass is 496 g/mol. The molecule has 1 heterocycles. The van der Waals surface area contributed by atoms with Crippen molar-refractivity contribution in [2.24, 2.45) is 0 Å². The van der Waals surface area contributed by atoms with E-state index in [0.29, 0.717) is 19.6 Å². The fraction of sp³-hybridized carbons (Fsp3) is 0.194. The van der Waals surface area contributed by atoms with Gasteiger partial charge in [0, 0.05) is 30.7 Å². The number of furan rings is 1. The third kappa shape index (κ3) is 5.76. The molecule has 188 valence electrons. The number of carboxylic acids is 1. The second kappa shape index (κ2) is 11.2. The number of carboxylic acid groups (broad SMARTS) is 1. The summed E-state index contributed by atoms with van der Waals surface area (Å²) in [6.45, 7) is 1.06. The lowest BCUT2D eigenvalue weighted by molar-refractivity contribution is -0.148. The van der Waals surface area contributed by atoms with E-state index in [1.807, 2.05) is 60.7 Å². The quantitative estimate of drug-likeness (QED) is 0.204. The van der Waals surface area contributed by atoms with Crippen molar-refractivity contribution in [2.45, 2.75) is 18.9 Å². The molecule has 6 heteroatoms. The van der Waals surface area contributed by atoms with Crippen LogP contribution in [0, 0.1) is 0 Å². The number of methoxy groups -OCH3 is 1. The van der Waals surface area contributed by atoms with Crippen molar-refractivity contribution in [3.8, 4) is 22.6 Å². The normalized spacial score (nSPS) is 12.0. The summed E-state index contributed by atoms with van der Waals surface area (Å²) in [4.78, 5) is 11.1. The first-order valence-electron chi connectivity index (χ1n) is 12.2. The Labute approximate surface area is 215 Å². The molecule has 0 aliphatic carbocycles. The van der Waals surface area contributed by atoms with Crippen LogP contribution >= 0.6 is 0 Å². The number of benzene rings is 4. The number of ether oxygens (including phenoxy) is 3. The zero-order valence-electron chi connectivity index (χ0n) is 20.6. The molecule has 4 aromatic carbocycles. The maximum atomic E-state index is 11.1. The predicted molar refractivity (Wildman–Crippen MR) is 143 cm³/mol. The van der Waals surface area contributed by atoms with Gasteiger partial charge in [-0.1, -0.05) is 48.5 Å². The van der Waals surface area contributed by atoms with E-state index in [-0.39, 0.29) is 0 Å². The van der Waals surface area contributed by atoms with Crippen molar-refractivity contribution in [1.82, 2.24) is 0 Å². The fourth-order valence-corrected chi connectivity index (χ4v) is 4.30. The summed E-state index contributed by atoms with van der Waals surface area (Å²) in [5.74, 6) is 0.579. The summed E-state index contributed by atoms with van der Waals surface area (Å²) in [5, 5.41) is 11.3. The van der Waals surface area contributed by atoms with Gasteiger partial charge in [-0.25, -0.2) is 4.79 Å². The van der Waals surface area contributed by atoms with Crippen LogP contribution in [0.4, 0.5) is 0 Å². The summed E-state index contributed by atoms with van der Waals surface area (Å²) in [5.41, 5.74) is 4.92. The van der Waals surface area contributed by atoms with E-state index in [2.05, 4.69) is 30.3 Å². The molecule has 0 fully saturated rings. The van der Waals surface area contributed by atoms with Crippen LogP contribution in [0.5, 0.6) is 11.5 Å². The standard InChI is InChI=1S/C31H28O6/c1-34-30(31(32)33)19-21-7-12-24(13-8-21)35-17-4-18-36-25-14-9-22(10-15-25)23-11-16-29-27(20-23)26-5-2-3-6-28(26)37-29/h2-3,5-16,20,30H,4,17-19H2,1H3,(H,32,33)/t30-/m0/s1. The number of rotatable bonds is 11. The Hall–Kier alpha value is -4.29. The molecule has 0 amide bonds. The molecule has 1 aromatic heterocycles. The van der Waals surface area contributed by atoms with Gasteiger partial charge in [-0.05, 0) is 59.2 Å². The molecular weight excluding hydrogens is 468 g/mol. The summed E-state index contributed by atoms with van der Waals surface area (Å²) >= 11 is 0. The van der Waals surface area contributed by atoms with Gasteiger partial charge in [-0.15, -0.1) is 0 Å². The minimum atomic E-state index is -0.970. The van der Waals surface area contributed by atoms with Gasteiger partial charge in [0.05, 0.1) is 13.2 Å². The third-order valence-corrected chi connectivity index (χ3v) is 6.29. The van der Waals surface area contributed by atoms with Crippen molar-refractivity contribution in [2.75, 3.05) is 20.3 Å². The van der Waals surface area contributed by atoms with Crippen LogP contribution in [0.3, 0.4) is 0 Å². The minimum Gasteiger partial charge on any atom is -0.493 e. The van der Waals surface area contributed by atoms with Gasteiger partial charge >= 0.3 is 5.97 Å². The molecule has 0 radical (unpaired) electrons. The van der Waals surface area contributed by atoms with Crippen molar-refractivity contribution in [3.05, 3.63) is 96.6 Å². The number of fused-ring (bicyclic) bond motifs is 3. The molecule has 1 N–H and O–H groups in total. The van der Waals surface area contributed by atoms with Crippen molar-refractivity contribution < 1.29 is 28.5 Å². The highest BCUT2D eigenvalue weighted by atomic mass is 16.5. The van der Waals surface area contributed by atoms with Gasteiger partial charge in [-0.2, -0.15) is 0 Å². The van der Waals surface area contributed by atoms with E-state index in [4.69, 9.17) is 23.7 Å². The van der Waals surface area contributed by atoms with Gasteiger partial charge in [0.2, 0.25) is 0 Å². The van der Waals surface area contributed by atoms with E-state index < -0.39 is 12.1 Å². The highest BCUT2D eigenvalue weighted by Crippen LogP contribution is 2.32. The van der Waals surface area contributed by atoms with E-state index in [0.717, 1.165) is 56.5 Å². The average Bonchev–Trinajstić information content (AvgIpc) is 3.30. The van der Waals surface area contributed by atoms with Crippen molar-refractivity contribution in [3.63, 3.8) is 0 Å². The lowest BCUT2D eigenvalue weighted by atomic mass is 10.0. The zero-order chi connectivity index (χ0) is 25.6. The van der Waals surface area contributed by atoms with Crippen LogP contribution in [0.1, 0.15) is 12.0 Å². The molecule has 0 saturated heterocycles. The molecule has 0 saturated carbocycles. The second-order valence-electron chi connectivity index (χ2n) is 8.79. The Morgan fingerprint density at radius 2 is 1.41 bits per heavy atom. The maximum absolute atomic E-state index is 11.1. The highest BCUT2D eigenvalue weighted by molar-refractivity contribution is 6.06. The molecule has 0 spiro atoms. The number of para-hydroxylation sites is 1. The summed E-state index contributed by atoms with van der Waals surface area (Å²) in [6, 6.07) is 29.8. The molecule has 1 atom stereocenters. The Morgan fingerprint density at radius 1 is 0.784 bits per heavy atom. The van der Waals surface area contributed by atoms with Gasteiger partial charge in [0.1, 0.15) is 22.7 Å². The first kappa shape index (κ1) is 24.4. The van der Waals surface area contributed by atoms with Crippen molar-refractivity contribution in [1.29, 1.82) is 0 Å². The average molecular weight is 497 g/mol. The molecule has 0 aliphatic rings. The lowest BCUT2D eigenvalue weighted by Crippen LogP contribution is -2.24. The Bertz CT molecular complexity index is 1480. The topological polar surface area (TPSA) is 78.1 Å². The molecule has 0 aliphatic heterocycles. The zero-order valence-corrected chi connectivity index (χ0v) is 20.6. The van der Waals surface area contributed by atoms with Crippen LogP contribution in [0.25, 0.3) is 33.1 Å². The number of hydrogen-bond acceptors (Lipinski definition) is 5. The molecule has 37 heavy (non-hydrogen) atoms. The van der Waals surface area contributed by atoms with Gasteiger partial charge in [0.25, 0.3) is 0 Å². The van der Waals surface area contributed by atoms with Crippen LogP contribution < -0.4 is 9.47 Å². The summed E-state index contributed by atoms with van der Waals surface area (Å²) < 4.78 is 22.6. The first-order valence-corrected chi connectivity index (χ1v) is 12.2. The summed E-state index contributed by atoms with van der Waals surface area (Å²) in [6.07, 6.45) is 0.199. The number of hydrogen-bond donors (Lipinski definition) is 1. The Morgan fingerprint density at radius 3 is 2.08 bits per heavy atom. The Balaban J connectivity index is 1.10. The smallest absolute Gasteiger partial charge is 0.333 e. The van der Waals surface area contributed by atoms with Crippen LogP contribution in [-0.4, -0.2) is 37.5 Å². The minimum absolute atomic E-state index is 0.313. The maximum Gasteiger partial charge on any atom is 0.333 e.